The molecule has 0 aliphatic rings. The normalized spacial score (nSPS) is 15.6. The van der Waals surface area contributed by atoms with E-state index in [1.807, 2.05) is 42.5 Å². The Morgan fingerprint density at radius 1 is 0.944 bits per heavy atom. The van der Waals surface area contributed by atoms with Crippen molar-refractivity contribution in [1.29, 1.82) is 0 Å². The van der Waals surface area contributed by atoms with Crippen molar-refractivity contribution in [2.75, 3.05) is 6.61 Å². The summed E-state index contributed by atoms with van der Waals surface area (Å²) < 4.78 is 23.2. The summed E-state index contributed by atoms with van der Waals surface area (Å²) in [4.78, 5) is 37.0. The molecule has 0 aliphatic heterocycles. The Morgan fingerprint density at radius 3 is 2.08 bits per heavy atom. The first kappa shape index (κ1) is 31.4. The van der Waals surface area contributed by atoms with Crippen LogP contribution in [0.25, 0.3) is 0 Å². The van der Waals surface area contributed by atoms with Gasteiger partial charge in [-0.05, 0) is 60.5 Å². The molecule has 202 valence electrons. The lowest BCUT2D eigenvalue weighted by molar-refractivity contribution is -0.198. The Morgan fingerprint density at radius 2 is 1.56 bits per heavy atom. The first-order valence-corrected chi connectivity index (χ1v) is 12.6. The van der Waals surface area contributed by atoms with Gasteiger partial charge in [0.25, 0.3) is 6.47 Å². The van der Waals surface area contributed by atoms with Gasteiger partial charge in [-0.1, -0.05) is 62.2 Å². The highest BCUT2D eigenvalue weighted by atomic mass is 16.6. The maximum Gasteiger partial charge on any atom is 0.311 e. The lowest BCUT2D eigenvalue weighted by atomic mass is 9.91. The number of benzene rings is 1. The van der Waals surface area contributed by atoms with Crippen LogP contribution in [0.3, 0.4) is 0 Å². The molecule has 0 unspecified atom stereocenters. The molecule has 0 spiro atoms. The van der Waals surface area contributed by atoms with Crippen LogP contribution in [-0.2, 0) is 39.9 Å². The predicted molar refractivity (Wildman–Crippen MR) is 139 cm³/mol. The number of carbonyl (C=O) groups is 3. The van der Waals surface area contributed by atoms with E-state index in [4.69, 9.17) is 18.9 Å². The molecule has 3 atom stereocenters. The number of carbonyl (C=O) groups excluding carboxylic acids is 3. The van der Waals surface area contributed by atoms with Crippen molar-refractivity contribution in [3.05, 3.63) is 48.0 Å². The molecule has 0 saturated carbocycles. The van der Waals surface area contributed by atoms with Gasteiger partial charge in [0.15, 0.2) is 12.2 Å². The van der Waals surface area contributed by atoms with Crippen molar-refractivity contribution in [2.24, 2.45) is 10.8 Å². The van der Waals surface area contributed by atoms with Crippen molar-refractivity contribution in [2.45, 2.75) is 99.1 Å². The molecule has 1 aromatic carbocycles. The minimum atomic E-state index is -1.18. The fourth-order valence-corrected chi connectivity index (χ4v) is 3.20. The number of ether oxygens (including phenoxy) is 4. The van der Waals surface area contributed by atoms with E-state index >= 15 is 0 Å². The van der Waals surface area contributed by atoms with Crippen LogP contribution in [0.4, 0.5) is 0 Å². The molecule has 1 aromatic rings. The zero-order valence-corrected chi connectivity index (χ0v) is 23.2. The third kappa shape index (κ3) is 10.5. The lowest BCUT2D eigenvalue weighted by Gasteiger charge is -2.38. The van der Waals surface area contributed by atoms with Crippen LogP contribution < -0.4 is 0 Å². The molecule has 0 fully saturated rings. The molecule has 1 rings (SSSR count). The molecular formula is C29H44O7. The van der Waals surface area contributed by atoms with Gasteiger partial charge in [0.05, 0.1) is 17.4 Å². The number of unbranched alkanes of at least 4 members (excludes halogenated alkanes) is 2. The van der Waals surface area contributed by atoms with Gasteiger partial charge in [-0.2, -0.15) is 0 Å². The SMILES string of the molecule is CCCC/C=C\[C@](C)(OCc1ccccc1)[C@H](OC=O)[C@@H](COC(=O)C(C)(C)C)OC(=O)C(C)(C)C. The highest BCUT2D eigenvalue weighted by Gasteiger charge is 2.45. The Labute approximate surface area is 216 Å². The summed E-state index contributed by atoms with van der Waals surface area (Å²) in [7, 11) is 0. The maximum absolute atomic E-state index is 12.9. The molecule has 0 N–H and O–H groups in total. The molecule has 0 aliphatic carbocycles. The average molecular weight is 505 g/mol. The average Bonchev–Trinajstić information content (AvgIpc) is 2.81. The summed E-state index contributed by atoms with van der Waals surface area (Å²) in [5, 5.41) is 0. The van der Waals surface area contributed by atoms with Crippen LogP contribution in [-0.4, -0.2) is 42.8 Å². The summed E-state index contributed by atoms with van der Waals surface area (Å²) in [6.45, 7) is 14.5. The number of hydrogen-bond donors (Lipinski definition) is 0. The number of allylic oxidation sites excluding steroid dienone is 1. The molecule has 0 radical (unpaired) electrons. The van der Waals surface area contributed by atoms with E-state index in [0.717, 1.165) is 24.8 Å². The molecule has 0 saturated heterocycles. The quantitative estimate of drug-likeness (QED) is 0.104. The van der Waals surface area contributed by atoms with E-state index in [0.29, 0.717) is 6.47 Å². The van der Waals surface area contributed by atoms with Gasteiger partial charge >= 0.3 is 11.9 Å². The summed E-state index contributed by atoms with van der Waals surface area (Å²) >= 11 is 0. The van der Waals surface area contributed by atoms with Gasteiger partial charge < -0.3 is 18.9 Å². The largest absolute Gasteiger partial charge is 0.461 e. The van der Waals surface area contributed by atoms with Gasteiger partial charge in [0.1, 0.15) is 12.2 Å². The van der Waals surface area contributed by atoms with Crippen LogP contribution in [0.2, 0.25) is 0 Å². The monoisotopic (exact) mass is 504 g/mol. The standard InChI is InChI=1S/C29H44O7/c1-9-10-11-15-18-29(8,35-19-22-16-13-12-14-17-22)24(34-21-30)23(36-26(32)28(5,6)7)20-33-25(31)27(2,3)4/h12-18,21,23-24H,9-11,19-20H2,1-8H3/b18-15-/t23-,24-,29+/m1/s1. The summed E-state index contributed by atoms with van der Waals surface area (Å²) in [5.74, 6) is -0.978. The fourth-order valence-electron chi connectivity index (χ4n) is 3.20. The van der Waals surface area contributed by atoms with Crippen LogP contribution in [0.1, 0.15) is 80.2 Å². The topological polar surface area (TPSA) is 88.1 Å². The summed E-state index contributed by atoms with van der Waals surface area (Å²) in [6, 6.07) is 9.59. The van der Waals surface area contributed by atoms with Crippen molar-refractivity contribution >= 4 is 18.4 Å². The molecule has 36 heavy (non-hydrogen) atoms. The second-order valence-electron chi connectivity index (χ2n) is 11.2. The summed E-state index contributed by atoms with van der Waals surface area (Å²) in [5.41, 5.74) is -1.83. The number of esters is 2. The number of hydrogen-bond acceptors (Lipinski definition) is 7. The molecule has 0 amide bonds. The Hall–Kier alpha value is -2.67. The molecule has 0 aromatic heterocycles. The van der Waals surface area contributed by atoms with Gasteiger partial charge in [0.2, 0.25) is 0 Å². The molecule has 0 bridgehead atoms. The van der Waals surface area contributed by atoms with E-state index in [2.05, 4.69) is 6.92 Å². The molecule has 7 heteroatoms. The Bertz CT molecular complexity index is 849. The van der Waals surface area contributed by atoms with Crippen molar-refractivity contribution in [1.82, 2.24) is 0 Å². The summed E-state index contributed by atoms with van der Waals surface area (Å²) in [6.07, 6.45) is 4.45. The zero-order valence-electron chi connectivity index (χ0n) is 23.2. The highest BCUT2D eigenvalue weighted by Crippen LogP contribution is 2.29. The first-order valence-electron chi connectivity index (χ1n) is 12.6. The molecular weight excluding hydrogens is 460 g/mol. The van der Waals surface area contributed by atoms with Crippen LogP contribution in [0.5, 0.6) is 0 Å². The highest BCUT2D eigenvalue weighted by molar-refractivity contribution is 5.76. The third-order valence-electron chi connectivity index (χ3n) is 5.53. The van der Waals surface area contributed by atoms with E-state index in [9.17, 15) is 14.4 Å². The van der Waals surface area contributed by atoms with Crippen molar-refractivity contribution in [3.63, 3.8) is 0 Å². The minimum absolute atomic E-state index is 0.232. The van der Waals surface area contributed by atoms with E-state index < -0.39 is 40.6 Å². The fraction of sp³-hybridized carbons (Fsp3) is 0.621. The van der Waals surface area contributed by atoms with Gasteiger partial charge in [0, 0.05) is 0 Å². The molecule has 0 heterocycles. The van der Waals surface area contributed by atoms with E-state index in [1.165, 1.54) is 0 Å². The van der Waals surface area contributed by atoms with Crippen molar-refractivity contribution < 1.29 is 33.3 Å². The van der Waals surface area contributed by atoms with Gasteiger partial charge in [-0.3, -0.25) is 14.4 Å². The Balaban J connectivity index is 3.39. The van der Waals surface area contributed by atoms with Gasteiger partial charge in [-0.15, -0.1) is 0 Å². The second-order valence-corrected chi connectivity index (χ2v) is 11.2. The smallest absolute Gasteiger partial charge is 0.311 e. The lowest BCUT2D eigenvalue weighted by Crippen LogP contribution is -2.53. The van der Waals surface area contributed by atoms with Crippen LogP contribution in [0.15, 0.2) is 42.5 Å². The maximum atomic E-state index is 12.9. The Kier molecular flexibility index (Phi) is 12.3. The minimum Gasteiger partial charge on any atom is -0.461 e. The number of rotatable bonds is 14. The van der Waals surface area contributed by atoms with Gasteiger partial charge in [-0.25, -0.2) is 0 Å². The van der Waals surface area contributed by atoms with Crippen molar-refractivity contribution in [3.8, 4) is 0 Å². The zero-order chi connectivity index (χ0) is 27.4. The van der Waals surface area contributed by atoms with E-state index in [1.54, 1.807) is 48.5 Å². The molecule has 7 nitrogen and oxygen atoms in total. The van der Waals surface area contributed by atoms with Crippen LogP contribution >= 0.6 is 0 Å². The third-order valence-corrected chi connectivity index (χ3v) is 5.53. The van der Waals surface area contributed by atoms with E-state index in [-0.39, 0.29) is 13.2 Å². The second kappa shape index (κ2) is 14.2. The van der Waals surface area contributed by atoms with Crippen LogP contribution in [0, 0.1) is 10.8 Å². The first-order chi connectivity index (χ1) is 16.7. The predicted octanol–water partition coefficient (Wildman–Crippen LogP) is 5.80.